The van der Waals surface area contributed by atoms with E-state index in [4.69, 9.17) is 0 Å². The molecule has 0 aliphatic rings. The molecule has 0 atom stereocenters. The maximum atomic E-state index is 3.68. The fourth-order valence-corrected chi connectivity index (χ4v) is 7.38. The molecule has 0 heterocycles. The first-order chi connectivity index (χ1) is 22.3. The van der Waals surface area contributed by atoms with E-state index in [2.05, 4.69) is 179 Å². The van der Waals surface area contributed by atoms with E-state index in [1.165, 1.54) is 54.3 Å². The van der Waals surface area contributed by atoms with Crippen LogP contribution in [-0.4, -0.2) is 0 Å². The molecule has 0 spiro atoms. The molecule has 48 heavy (non-hydrogen) atoms. The van der Waals surface area contributed by atoms with Crippen molar-refractivity contribution in [2.24, 2.45) is 0 Å². The number of rotatable bonds is 11. The predicted molar refractivity (Wildman–Crippen MR) is 213 cm³/mol. The molecule has 0 unspecified atom stereocenters. The number of hydrogen-bond donors (Lipinski definition) is 2. The van der Waals surface area contributed by atoms with Crippen LogP contribution in [0.15, 0.2) is 94.7 Å². The minimum atomic E-state index is 0.136. The summed E-state index contributed by atoms with van der Waals surface area (Å²) in [7, 11) is 3.64. The van der Waals surface area contributed by atoms with E-state index < -0.39 is 0 Å². The molecule has 0 amide bonds. The van der Waals surface area contributed by atoms with Crippen molar-refractivity contribution >= 4 is 21.6 Å². The van der Waals surface area contributed by atoms with Gasteiger partial charge in [0.1, 0.15) is 0 Å². The van der Waals surface area contributed by atoms with Gasteiger partial charge in [-0.25, -0.2) is 0 Å². The molecule has 0 saturated carbocycles. The SMILES string of the molecule is CC(C)(C)c1cc(CNCc2ccc(SSc3ccc(CNCc4cc(C(C)(C)C)cc(C(C)(C)C)c4)cc3)cc2)cc(C(C)(C)C)c1. The van der Waals surface area contributed by atoms with Gasteiger partial charge < -0.3 is 10.6 Å². The monoisotopic (exact) mass is 680 g/mol. The second-order valence-corrected chi connectivity index (χ2v) is 19.8. The summed E-state index contributed by atoms with van der Waals surface area (Å²) in [5.41, 5.74) is 11.5. The van der Waals surface area contributed by atoms with Gasteiger partial charge in [0.05, 0.1) is 0 Å². The van der Waals surface area contributed by atoms with Gasteiger partial charge in [0, 0.05) is 36.0 Å². The molecule has 0 bridgehead atoms. The first-order valence-electron chi connectivity index (χ1n) is 17.5. The molecule has 0 radical (unpaired) electrons. The van der Waals surface area contributed by atoms with Gasteiger partial charge >= 0.3 is 0 Å². The summed E-state index contributed by atoms with van der Waals surface area (Å²) >= 11 is 0. The van der Waals surface area contributed by atoms with Crippen LogP contribution in [0.25, 0.3) is 0 Å². The Morgan fingerprint density at radius 1 is 0.354 bits per heavy atom. The van der Waals surface area contributed by atoms with Crippen LogP contribution in [0, 0.1) is 0 Å². The average Bonchev–Trinajstić information content (AvgIpc) is 2.99. The summed E-state index contributed by atoms with van der Waals surface area (Å²) < 4.78 is 0. The predicted octanol–water partition coefficient (Wildman–Crippen LogP) is 12.3. The van der Waals surface area contributed by atoms with Gasteiger partial charge in [0.2, 0.25) is 0 Å². The Kier molecular flexibility index (Phi) is 12.4. The third kappa shape index (κ3) is 11.5. The number of nitrogens with one attached hydrogen (secondary N) is 2. The quantitative estimate of drug-likeness (QED) is 0.154. The van der Waals surface area contributed by atoms with Crippen LogP contribution in [0.2, 0.25) is 0 Å². The molecule has 0 aliphatic heterocycles. The average molecular weight is 681 g/mol. The third-order valence-corrected chi connectivity index (χ3v) is 11.3. The lowest BCUT2D eigenvalue weighted by Gasteiger charge is -2.26. The lowest BCUT2D eigenvalue weighted by atomic mass is 9.79. The first kappa shape index (κ1) is 38.3. The highest BCUT2D eigenvalue weighted by Crippen LogP contribution is 2.37. The normalized spacial score (nSPS) is 12.8. The molecule has 2 N–H and O–H groups in total. The van der Waals surface area contributed by atoms with Gasteiger partial charge in [-0.3, -0.25) is 0 Å². The zero-order valence-electron chi connectivity index (χ0n) is 31.7. The van der Waals surface area contributed by atoms with E-state index in [1.54, 1.807) is 0 Å². The maximum absolute atomic E-state index is 3.68. The van der Waals surface area contributed by atoms with E-state index >= 15 is 0 Å². The lowest BCUT2D eigenvalue weighted by molar-refractivity contribution is 0.564. The van der Waals surface area contributed by atoms with Gasteiger partial charge in [-0.15, -0.1) is 0 Å². The Morgan fingerprint density at radius 2 is 0.604 bits per heavy atom. The molecule has 4 aromatic rings. The lowest BCUT2D eigenvalue weighted by Crippen LogP contribution is -2.19. The zero-order valence-corrected chi connectivity index (χ0v) is 33.4. The van der Waals surface area contributed by atoms with E-state index in [9.17, 15) is 0 Å². The van der Waals surface area contributed by atoms with Crippen molar-refractivity contribution in [2.45, 2.75) is 141 Å². The Morgan fingerprint density at radius 3 is 0.854 bits per heavy atom. The minimum absolute atomic E-state index is 0.136. The van der Waals surface area contributed by atoms with Crippen molar-refractivity contribution < 1.29 is 0 Å². The summed E-state index contributed by atoms with van der Waals surface area (Å²) in [5.74, 6) is 0. The summed E-state index contributed by atoms with van der Waals surface area (Å²) in [6.07, 6.45) is 0. The van der Waals surface area contributed by atoms with Gasteiger partial charge in [0.15, 0.2) is 0 Å². The fourth-order valence-electron chi connectivity index (χ4n) is 5.44. The number of hydrogen-bond acceptors (Lipinski definition) is 4. The standard InChI is InChI=1S/C44H60N2S2/c1-41(2,3)35-21-33(22-36(25-35)42(4,5)6)29-45-27-31-13-17-39(18-14-31)47-48-40-19-15-32(16-20-40)28-46-30-34-23-37(43(7,8)9)26-38(24-34)44(10,11)12/h13-26,45-46H,27-30H2,1-12H3. The van der Waals surface area contributed by atoms with Crippen molar-refractivity contribution in [3.05, 3.63) is 129 Å². The van der Waals surface area contributed by atoms with Crippen LogP contribution in [0.4, 0.5) is 0 Å². The molecule has 0 aromatic heterocycles. The van der Waals surface area contributed by atoms with Crippen molar-refractivity contribution in [3.63, 3.8) is 0 Å². The van der Waals surface area contributed by atoms with Crippen LogP contribution in [0.5, 0.6) is 0 Å². The second-order valence-electron chi connectivity index (χ2n) is 17.5. The summed E-state index contributed by atoms with van der Waals surface area (Å²) in [6.45, 7) is 31.1. The van der Waals surface area contributed by atoms with E-state index in [1.807, 2.05) is 21.6 Å². The maximum Gasteiger partial charge on any atom is 0.0208 e. The summed E-state index contributed by atoms with van der Waals surface area (Å²) in [4.78, 5) is 2.55. The minimum Gasteiger partial charge on any atom is -0.309 e. The molecule has 0 aliphatic carbocycles. The highest BCUT2D eigenvalue weighted by atomic mass is 33.1. The molecule has 0 saturated heterocycles. The smallest absolute Gasteiger partial charge is 0.0208 e. The van der Waals surface area contributed by atoms with Gasteiger partial charge in [-0.2, -0.15) is 0 Å². The van der Waals surface area contributed by atoms with Crippen LogP contribution >= 0.6 is 21.6 Å². The Balaban J connectivity index is 1.25. The molecule has 0 fully saturated rings. The van der Waals surface area contributed by atoms with Crippen molar-refractivity contribution in [3.8, 4) is 0 Å². The topological polar surface area (TPSA) is 24.1 Å². The molecule has 4 aromatic carbocycles. The Bertz CT molecular complexity index is 1440. The Hall–Kier alpha value is -2.50. The molecule has 2 nitrogen and oxygen atoms in total. The van der Waals surface area contributed by atoms with Crippen LogP contribution in [0.1, 0.15) is 128 Å². The highest BCUT2D eigenvalue weighted by Gasteiger charge is 2.21. The fraction of sp³-hybridized carbons (Fsp3) is 0.455. The van der Waals surface area contributed by atoms with Crippen LogP contribution in [-0.2, 0) is 47.8 Å². The van der Waals surface area contributed by atoms with Gasteiger partial charge in [-0.05, 0) is 90.4 Å². The summed E-state index contributed by atoms with van der Waals surface area (Å²) in [6, 6.07) is 32.2. The van der Waals surface area contributed by atoms with E-state index in [0.29, 0.717) is 0 Å². The van der Waals surface area contributed by atoms with Crippen molar-refractivity contribution in [1.82, 2.24) is 10.6 Å². The molecule has 4 heteroatoms. The van der Waals surface area contributed by atoms with Gasteiger partial charge in [-0.1, -0.05) is 165 Å². The highest BCUT2D eigenvalue weighted by molar-refractivity contribution is 8.76. The van der Waals surface area contributed by atoms with E-state index in [0.717, 1.165) is 26.2 Å². The van der Waals surface area contributed by atoms with Crippen molar-refractivity contribution in [2.75, 3.05) is 0 Å². The molecule has 258 valence electrons. The zero-order chi connectivity index (χ0) is 35.3. The summed E-state index contributed by atoms with van der Waals surface area (Å²) in [5, 5.41) is 7.36. The molecular formula is C44H60N2S2. The molecular weight excluding hydrogens is 621 g/mol. The van der Waals surface area contributed by atoms with E-state index in [-0.39, 0.29) is 21.7 Å². The largest absolute Gasteiger partial charge is 0.309 e. The second kappa shape index (κ2) is 15.6. The third-order valence-electron chi connectivity index (χ3n) is 8.85. The van der Waals surface area contributed by atoms with Crippen LogP contribution < -0.4 is 10.6 Å². The van der Waals surface area contributed by atoms with Gasteiger partial charge in [0.25, 0.3) is 0 Å². The Labute approximate surface area is 301 Å². The number of benzene rings is 4. The van der Waals surface area contributed by atoms with Crippen molar-refractivity contribution in [1.29, 1.82) is 0 Å². The first-order valence-corrected chi connectivity index (χ1v) is 19.7. The molecule has 4 rings (SSSR count). The van der Waals surface area contributed by atoms with Crippen LogP contribution in [0.3, 0.4) is 0 Å².